The van der Waals surface area contributed by atoms with E-state index in [0.29, 0.717) is 30.3 Å². The monoisotopic (exact) mass is 525 g/mol. The standard InChI is InChI=1S/C24H28FN9O4/c1-24(2,3)38-23(35)31-18-13-37-8-5-17(18)30-21-16(25)9-14(11-26)20(32-21)29-15-10-19(22(36-4)27-12-15)34-7-6-28-33-34/h6-7,9-10,12,17-18H,5,8,13H2,1-4H3,(H,31,35)(H2,29,30,32)/t17-,18+/m1/s1. The third-order valence-electron chi connectivity index (χ3n) is 5.43. The van der Waals surface area contributed by atoms with Crippen molar-refractivity contribution in [2.24, 2.45) is 0 Å². The molecule has 14 heteroatoms. The molecule has 1 fully saturated rings. The smallest absolute Gasteiger partial charge is 0.408 e. The van der Waals surface area contributed by atoms with Crippen LogP contribution in [0.5, 0.6) is 5.88 Å². The van der Waals surface area contributed by atoms with Crippen LogP contribution in [0.4, 0.5) is 26.5 Å². The van der Waals surface area contributed by atoms with Crippen molar-refractivity contribution in [1.29, 1.82) is 5.26 Å². The number of ether oxygens (including phenoxy) is 3. The highest BCUT2D eigenvalue weighted by atomic mass is 19.1. The maximum atomic E-state index is 15.0. The van der Waals surface area contributed by atoms with Crippen molar-refractivity contribution in [3.63, 3.8) is 0 Å². The molecule has 0 spiro atoms. The minimum atomic E-state index is -0.717. The van der Waals surface area contributed by atoms with Crippen LogP contribution < -0.4 is 20.7 Å². The zero-order valence-corrected chi connectivity index (χ0v) is 21.4. The predicted octanol–water partition coefficient (Wildman–Crippen LogP) is 2.91. The van der Waals surface area contributed by atoms with Crippen molar-refractivity contribution in [3.05, 3.63) is 42.1 Å². The number of nitriles is 1. The number of hydrogen-bond acceptors (Lipinski definition) is 11. The molecule has 0 aliphatic carbocycles. The first-order valence-corrected chi connectivity index (χ1v) is 11.8. The molecule has 4 heterocycles. The molecule has 38 heavy (non-hydrogen) atoms. The van der Waals surface area contributed by atoms with E-state index >= 15 is 0 Å². The van der Waals surface area contributed by atoms with E-state index in [1.54, 1.807) is 33.0 Å². The number of rotatable bonds is 7. The molecule has 1 saturated heterocycles. The van der Waals surface area contributed by atoms with E-state index in [9.17, 15) is 14.4 Å². The van der Waals surface area contributed by atoms with E-state index < -0.39 is 29.6 Å². The molecule has 0 bridgehead atoms. The molecule has 2 atom stereocenters. The lowest BCUT2D eigenvalue weighted by molar-refractivity contribution is 0.0317. The SMILES string of the molecule is COc1ncc(Nc2nc(N[C@@H]3CCOC[C@@H]3NC(=O)OC(C)(C)C)c(F)cc2C#N)cc1-n1ccnn1. The summed E-state index contributed by atoms with van der Waals surface area (Å²) in [7, 11) is 1.48. The number of anilines is 3. The zero-order valence-electron chi connectivity index (χ0n) is 21.4. The van der Waals surface area contributed by atoms with Crippen molar-refractivity contribution in [2.45, 2.75) is 44.9 Å². The number of aromatic nitrogens is 5. The maximum Gasteiger partial charge on any atom is 0.408 e. The first-order chi connectivity index (χ1) is 18.2. The average molecular weight is 526 g/mol. The Morgan fingerprint density at radius 3 is 2.79 bits per heavy atom. The van der Waals surface area contributed by atoms with Crippen molar-refractivity contribution < 1.29 is 23.4 Å². The first-order valence-electron chi connectivity index (χ1n) is 11.8. The van der Waals surface area contributed by atoms with Gasteiger partial charge in [0.05, 0.1) is 55.6 Å². The molecular formula is C24H28FN9O4. The van der Waals surface area contributed by atoms with Gasteiger partial charge in [-0.25, -0.2) is 23.8 Å². The van der Waals surface area contributed by atoms with Gasteiger partial charge < -0.3 is 30.2 Å². The largest absolute Gasteiger partial charge is 0.479 e. The molecule has 3 aromatic rings. The summed E-state index contributed by atoms with van der Waals surface area (Å²) in [5, 5.41) is 26.2. The van der Waals surface area contributed by atoms with Gasteiger partial charge in [-0.2, -0.15) is 5.26 Å². The van der Waals surface area contributed by atoms with Crippen molar-refractivity contribution >= 4 is 23.4 Å². The number of halogens is 1. The topological polar surface area (TPSA) is 161 Å². The number of pyridine rings is 2. The van der Waals surface area contributed by atoms with Crippen molar-refractivity contribution in [1.82, 2.24) is 30.3 Å². The van der Waals surface area contributed by atoms with Crippen LogP contribution >= 0.6 is 0 Å². The van der Waals surface area contributed by atoms with Crippen molar-refractivity contribution in [3.8, 4) is 17.6 Å². The Kier molecular flexibility index (Phi) is 7.87. The highest BCUT2D eigenvalue weighted by Crippen LogP contribution is 2.28. The van der Waals surface area contributed by atoms with Crippen molar-refractivity contribution in [2.75, 3.05) is 31.0 Å². The second kappa shape index (κ2) is 11.3. The highest BCUT2D eigenvalue weighted by molar-refractivity contribution is 5.69. The van der Waals surface area contributed by atoms with Gasteiger partial charge in [-0.15, -0.1) is 5.10 Å². The average Bonchev–Trinajstić information content (AvgIpc) is 3.41. The van der Waals surface area contributed by atoms with Gasteiger partial charge in [0.2, 0.25) is 5.88 Å². The summed E-state index contributed by atoms with van der Waals surface area (Å²) in [6.45, 7) is 5.91. The lowest BCUT2D eigenvalue weighted by Gasteiger charge is -2.33. The number of carbonyl (C=O) groups excluding carboxylic acids is 1. The van der Waals surface area contributed by atoms with Crippen LogP contribution in [0.2, 0.25) is 0 Å². The molecule has 3 aromatic heterocycles. The van der Waals surface area contributed by atoms with Crippen LogP contribution in [-0.4, -0.2) is 69.1 Å². The number of amides is 1. The summed E-state index contributed by atoms with van der Waals surface area (Å²) in [6.07, 6.45) is 4.49. The molecule has 13 nitrogen and oxygen atoms in total. The fourth-order valence-electron chi connectivity index (χ4n) is 3.76. The Hall–Kier alpha value is -4.51. The lowest BCUT2D eigenvalue weighted by Crippen LogP contribution is -2.53. The molecule has 1 amide bonds. The molecule has 0 saturated carbocycles. The molecule has 4 rings (SSSR count). The third-order valence-corrected chi connectivity index (χ3v) is 5.43. The van der Waals surface area contributed by atoms with Gasteiger partial charge in [0.1, 0.15) is 17.4 Å². The normalized spacial score (nSPS) is 17.3. The Morgan fingerprint density at radius 2 is 2.11 bits per heavy atom. The number of nitrogens with zero attached hydrogens (tertiary/aromatic N) is 6. The minimum absolute atomic E-state index is 0.0124. The summed E-state index contributed by atoms with van der Waals surface area (Å²) >= 11 is 0. The highest BCUT2D eigenvalue weighted by Gasteiger charge is 2.30. The second-order valence-electron chi connectivity index (χ2n) is 9.42. The van der Waals surface area contributed by atoms with Crippen LogP contribution in [0.1, 0.15) is 32.8 Å². The second-order valence-corrected chi connectivity index (χ2v) is 9.42. The fraction of sp³-hybridized carbons (Fsp3) is 0.417. The molecule has 3 N–H and O–H groups in total. The first kappa shape index (κ1) is 26.6. The molecule has 200 valence electrons. The van der Waals surface area contributed by atoms with Crippen LogP contribution in [0.25, 0.3) is 5.69 Å². The number of hydrogen-bond donors (Lipinski definition) is 3. The summed E-state index contributed by atoms with van der Waals surface area (Å²) < 4.78 is 32.6. The number of methoxy groups -OCH3 is 1. The molecular weight excluding hydrogens is 497 g/mol. The third kappa shape index (κ3) is 6.43. The van der Waals surface area contributed by atoms with Crippen LogP contribution in [0, 0.1) is 17.1 Å². The number of carbonyl (C=O) groups is 1. The summed E-state index contributed by atoms with van der Waals surface area (Å²) in [5.74, 6) is -0.395. The quantitative estimate of drug-likeness (QED) is 0.416. The number of nitrogens with one attached hydrogen (secondary N) is 3. The Morgan fingerprint density at radius 1 is 1.29 bits per heavy atom. The lowest BCUT2D eigenvalue weighted by atomic mass is 10.0. The Labute approximate surface area is 218 Å². The van der Waals surface area contributed by atoms with E-state index in [1.807, 2.05) is 6.07 Å². The van der Waals surface area contributed by atoms with E-state index in [2.05, 4.69) is 36.2 Å². The zero-order chi connectivity index (χ0) is 27.3. The van der Waals surface area contributed by atoms with E-state index in [4.69, 9.17) is 14.2 Å². The Balaban J connectivity index is 1.57. The fourth-order valence-corrected chi connectivity index (χ4v) is 3.76. The van der Waals surface area contributed by atoms with Gasteiger partial charge in [0, 0.05) is 6.61 Å². The van der Waals surface area contributed by atoms with Crippen LogP contribution in [0.15, 0.2) is 30.7 Å². The van der Waals surface area contributed by atoms with Gasteiger partial charge >= 0.3 is 6.09 Å². The van der Waals surface area contributed by atoms with E-state index in [1.165, 1.54) is 24.2 Å². The van der Waals surface area contributed by atoms with Gasteiger partial charge in [-0.1, -0.05) is 5.21 Å². The van der Waals surface area contributed by atoms with E-state index in [-0.39, 0.29) is 23.8 Å². The summed E-state index contributed by atoms with van der Waals surface area (Å²) in [5.41, 5.74) is 0.260. The molecule has 1 aliphatic rings. The van der Waals surface area contributed by atoms with Crippen LogP contribution in [-0.2, 0) is 9.47 Å². The molecule has 0 radical (unpaired) electrons. The molecule has 1 aliphatic heterocycles. The molecule has 0 unspecified atom stereocenters. The van der Waals surface area contributed by atoms with Crippen LogP contribution in [0.3, 0.4) is 0 Å². The minimum Gasteiger partial charge on any atom is -0.479 e. The number of alkyl carbamates (subject to hydrolysis) is 1. The van der Waals surface area contributed by atoms with Gasteiger partial charge in [0.15, 0.2) is 17.5 Å². The summed E-state index contributed by atoms with van der Waals surface area (Å²) in [4.78, 5) is 20.9. The van der Waals surface area contributed by atoms with Gasteiger partial charge in [-0.3, -0.25) is 0 Å². The maximum absolute atomic E-state index is 15.0. The summed E-state index contributed by atoms with van der Waals surface area (Å²) in [6, 6.07) is 3.82. The predicted molar refractivity (Wildman–Crippen MR) is 134 cm³/mol. The van der Waals surface area contributed by atoms with E-state index in [0.717, 1.165) is 6.07 Å². The van der Waals surface area contributed by atoms with Gasteiger partial charge in [0.25, 0.3) is 0 Å². The molecule has 0 aromatic carbocycles. The Bertz CT molecular complexity index is 1320. The van der Waals surface area contributed by atoms with Gasteiger partial charge in [-0.05, 0) is 39.3 Å².